The Hall–Kier alpha value is -2.87. The zero-order valence-electron chi connectivity index (χ0n) is 16.5. The number of fused-ring (bicyclic) bond motifs is 1. The fourth-order valence-corrected chi connectivity index (χ4v) is 4.42. The highest BCUT2D eigenvalue weighted by Crippen LogP contribution is 2.18. The molecule has 2 aromatic carbocycles. The summed E-state index contributed by atoms with van der Waals surface area (Å²) >= 11 is 0. The first-order valence-electron chi connectivity index (χ1n) is 9.10. The summed E-state index contributed by atoms with van der Waals surface area (Å²) in [7, 11) is -2.32. The van der Waals surface area contributed by atoms with Crippen LogP contribution in [0.2, 0.25) is 0 Å². The largest absolute Gasteiger partial charge is 0.340 e. The highest BCUT2D eigenvalue weighted by atomic mass is 32.2. The van der Waals surface area contributed by atoms with E-state index in [1.54, 1.807) is 37.3 Å². The van der Waals surface area contributed by atoms with Gasteiger partial charge < -0.3 is 4.90 Å². The van der Waals surface area contributed by atoms with Gasteiger partial charge in [-0.15, -0.1) is 0 Å². The van der Waals surface area contributed by atoms with Crippen molar-refractivity contribution in [2.45, 2.75) is 31.4 Å². The molecule has 0 aliphatic rings. The van der Waals surface area contributed by atoms with Crippen LogP contribution < -0.4 is 0 Å². The lowest BCUT2D eigenvalue weighted by atomic mass is 10.2. The normalized spacial score (nSPS) is 12.7. The number of nitrogens with zero attached hydrogens (tertiary/aromatic N) is 3. The highest BCUT2D eigenvalue weighted by molar-refractivity contribution is 7.92. The summed E-state index contributed by atoms with van der Waals surface area (Å²) in [5.41, 5.74) is 2.72. The molecule has 0 N–H and O–H groups in total. The van der Waals surface area contributed by atoms with Gasteiger partial charge in [-0.1, -0.05) is 24.3 Å². The van der Waals surface area contributed by atoms with Crippen molar-refractivity contribution < 1.29 is 17.6 Å². The average Bonchev–Trinajstić information content (AvgIpc) is 2.67. The molecule has 0 spiro atoms. The molecule has 1 aromatic heterocycles. The maximum Gasteiger partial charge on any atom is 0.240 e. The molecule has 0 unspecified atom stereocenters. The SMILES string of the molecule is Cc1nc2ccccc2nc1CS(=O)(=O)[C@H](C)C(=O)N(C)Cc1cccc(F)c1. The van der Waals surface area contributed by atoms with Crippen molar-refractivity contribution in [1.29, 1.82) is 0 Å². The Morgan fingerprint density at radius 1 is 1.10 bits per heavy atom. The van der Waals surface area contributed by atoms with Crippen molar-refractivity contribution in [2.75, 3.05) is 7.05 Å². The number of sulfone groups is 1. The number of hydrogen-bond donors (Lipinski definition) is 0. The summed E-state index contributed by atoms with van der Waals surface area (Å²) in [6.45, 7) is 3.18. The molecule has 0 aliphatic carbocycles. The predicted octanol–water partition coefficient (Wildman–Crippen LogP) is 3.04. The van der Waals surface area contributed by atoms with Crippen molar-refractivity contribution >= 4 is 26.8 Å². The molecule has 1 amide bonds. The summed E-state index contributed by atoms with van der Waals surface area (Å²) in [4.78, 5) is 22.8. The number of amides is 1. The molecule has 152 valence electrons. The number of halogens is 1. The standard InChI is InChI=1S/C21H22FN3O3S/c1-14-20(24-19-10-5-4-9-18(19)23-14)13-29(27,28)15(2)21(26)25(3)12-16-7-6-8-17(22)11-16/h4-11,15H,12-13H2,1-3H3/t15-/m1/s1. The Labute approximate surface area is 169 Å². The molecule has 29 heavy (non-hydrogen) atoms. The minimum atomic E-state index is -3.82. The molecule has 0 saturated carbocycles. The predicted molar refractivity (Wildman–Crippen MR) is 109 cm³/mol. The molecule has 1 heterocycles. The van der Waals surface area contributed by atoms with Gasteiger partial charge in [0.15, 0.2) is 9.84 Å². The average molecular weight is 415 g/mol. The molecule has 6 nitrogen and oxygen atoms in total. The first-order valence-corrected chi connectivity index (χ1v) is 10.8. The summed E-state index contributed by atoms with van der Waals surface area (Å²) in [5, 5.41) is -1.26. The Bertz CT molecular complexity index is 1160. The van der Waals surface area contributed by atoms with Gasteiger partial charge in [0.2, 0.25) is 5.91 Å². The topological polar surface area (TPSA) is 80.2 Å². The van der Waals surface area contributed by atoms with Gasteiger partial charge in [0, 0.05) is 13.6 Å². The minimum Gasteiger partial charge on any atom is -0.340 e. The molecule has 0 radical (unpaired) electrons. The lowest BCUT2D eigenvalue weighted by molar-refractivity contribution is -0.129. The van der Waals surface area contributed by atoms with E-state index in [0.717, 1.165) is 0 Å². The molecule has 0 fully saturated rings. The van der Waals surface area contributed by atoms with Crippen LogP contribution in [0.1, 0.15) is 23.9 Å². The number of aryl methyl sites for hydroxylation is 1. The second-order valence-electron chi connectivity index (χ2n) is 7.02. The molecular formula is C21H22FN3O3S. The van der Waals surface area contributed by atoms with Crippen molar-refractivity contribution in [1.82, 2.24) is 14.9 Å². The number of para-hydroxylation sites is 2. The number of carbonyl (C=O) groups excluding carboxylic acids is 1. The molecule has 8 heteroatoms. The monoisotopic (exact) mass is 415 g/mol. The van der Waals surface area contributed by atoms with Crippen LogP contribution in [0.5, 0.6) is 0 Å². The Morgan fingerprint density at radius 3 is 2.41 bits per heavy atom. The van der Waals surface area contributed by atoms with E-state index in [1.807, 2.05) is 6.07 Å². The van der Waals surface area contributed by atoms with E-state index < -0.39 is 26.8 Å². The van der Waals surface area contributed by atoms with E-state index >= 15 is 0 Å². The van der Waals surface area contributed by atoms with Crippen molar-refractivity contribution in [3.63, 3.8) is 0 Å². The molecule has 3 aromatic rings. The third kappa shape index (κ3) is 4.76. The van der Waals surface area contributed by atoms with Gasteiger partial charge in [-0.05, 0) is 43.7 Å². The fourth-order valence-electron chi connectivity index (χ4n) is 3.03. The highest BCUT2D eigenvalue weighted by Gasteiger charge is 2.31. The number of benzene rings is 2. The van der Waals surface area contributed by atoms with Crippen LogP contribution in [0.4, 0.5) is 4.39 Å². The summed E-state index contributed by atoms with van der Waals surface area (Å²) in [5.74, 6) is -1.34. The minimum absolute atomic E-state index is 0.116. The van der Waals surface area contributed by atoms with Crippen molar-refractivity contribution in [2.24, 2.45) is 0 Å². The first-order chi connectivity index (χ1) is 13.7. The van der Waals surface area contributed by atoms with Gasteiger partial charge in [-0.25, -0.2) is 22.8 Å². The van der Waals surface area contributed by atoms with Crippen LogP contribution in [0.3, 0.4) is 0 Å². The zero-order chi connectivity index (χ0) is 21.2. The number of aromatic nitrogens is 2. The third-order valence-electron chi connectivity index (χ3n) is 4.75. The van der Waals surface area contributed by atoms with Gasteiger partial charge in [0.1, 0.15) is 11.1 Å². The lowest BCUT2D eigenvalue weighted by Crippen LogP contribution is -2.39. The maximum absolute atomic E-state index is 13.3. The quantitative estimate of drug-likeness (QED) is 0.618. The third-order valence-corrected chi connectivity index (χ3v) is 6.71. The van der Waals surface area contributed by atoms with E-state index in [2.05, 4.69) is 9.97 Å². The fraction of sp³-hybridized carbons (Fsp3) is 0.286. The van der Waals surface area contributed by atoms with Gasteiger partial charge >= 0.3 is 0 Å². The summed E-state index contributed by atoms with van der Waals surface area (Å²) in [6.07, 6.45) is 0. The van der Waals surface area contributed by atoms with Crippen LogP contribution in [0.15, 0.2) is 48.5 Å². The van der Waals surface area contributed by atoms with Crippen LogP contribution in [-0.4, -0.2) is 41.5 Å². The lowest BCUT2D eigenvalue weighted by Gasteiger charge is -2.22. The number of carbonyl (C=O) groups is 1. The van der Waals surface area contributed by atoms with Crippen LogP contribution in [0.25, 0.3) is 11.0 Å². The van der Waals surface area contributed by atoms with Crippen molar-refractivity contribution in [3.8, 4) is 0 Å². The smallest absolute Gasteiger partial charge is 0.240 e. The summed E-state index contributed by atoms with van der Waals surface area (Å²) in [6, 6.07) is 13.1. The Morgan fingerprint density at radius 2 is 1.76 bits per heavy atom. The summed E-state index contributed by atoms with van der Waals surface area (Å²) < 4.78 is 39.1. The van der Waals surface area contributed by atoms with E-state index in [9.17, 15) is 17.6 Å². The Balaban J connectivity index is 1.77. The number of rotatable bonds is 6. The molecule has 3 rings (SSSR count). The van der Waals surface area contributed by atoms with Crippen LogP contribution in [-0.2, 0) is 26.9 Å². The zero-order valence-corrected chi connectivity index (χ0v) is 17.3. The molecule has 0 saturated heterocycles. The van der Waals surface area contributed by atoms with E-state index in [4.69, 9.17) is 0 Å². The Kier molecular flexibility index (Phi) is 5.93. The number of hydrogen-bond acceptors (Lipinski definition) is 5. The first kappa shape index (κ1) is 20.9. The second-order valence-corrected chi connectivity index (χ2v) is 9.34. The van der Waals surface area contributed by atoms with Crippen molar-refractivity contribution in [3.05, 3.63) is 71.3 Å². The van der Waals surface area contributed by atoms with E-state index in [0.29, 0.717) is 28.0 Å². The van der Waals surface area contributed by atoms with Gasteiger partial charge in [-0.3, -0.25) is 4.79 Å². The van der Waals surface area contributed by atoms with E-state index in [1.165, 1.54) is 31.0 Å². The van der Waals surface area contributed by atoms with Crippen LogP contribution >= 0.6 is 0 Å². The molecule has 0 bridgehead atoms. The second kappa shape index (κ2) is 8.24. The van der Waals surface area contributed by atoms with Gasteiger partial charge in [0.25, 0.3) is 0 Å². The van der Waals surface area contributed by atoms with E-state index in [-0.39, 0.29) is 12.3 Å². The molecule has 0 aliphatic heterocycles. The van der Waals surface area contributed by atoms with Gasteiger partial charge in [0.05, 0.1) is 28.2 Å². The maximum atomic E-state index is 13.3. The molecular weight excluding hydrogens is 393 g/mol. The van der Waals surface area contributed by atoms with Gasteiger partial charge in [-0.2, -0.15) is 0 Å². The molecule has 1 atom stereocenters. The van der Waals surface area contributed by atoms with Crippen LogP contribution in [0, 0.1) is 12.7 Å².